The van der Waals surface area contributed by atoms with E-state index in [1.807, 2.05) is 0 Å². The Morgan fingerprint density at radius 2 is 1.75 bits per heavy atom. The Labute approximate surface area is 160 Å². The third-order valence-electron chi connectivity index (χ3n) is 4.18. The Morgan fingerprint density at radius 3 is 2.39 bits per heavy atom. The molecular weight excluding hydrogens is 387 g/mol. The van der Waals surface area contributed by atoms with Gasteiger partial charge in [0.2, 0.25) is 0 Å². The molecule has 0 bridgehead atoms. The largest absolute Gasteiger partial charge is 0.507 e. The Hall–Kier alpha value is -3.17. The molecule has 0 aliphatic carbocycles. The summed E-state index contributed by atoms with van der Waals surface area (Å²) in [6, 6.07) is 11.5. The number of carbonyl (C=O) groups is 1. The fourth-order valence-electron chi connectivity index (χ4n) is 2.75. The van der Waals surface area contributed by atoms with E-state index in [2.05, 4.69) is 10.6 Å². The van der Waals surface area contributed by atoms with Gasteiger partial charge in [-0.05, 0) is 54.3 Å². The number of aromatic hydroxyl groups is 1. The summed E-state index contributed by atoms with van der Waals surface area (Å²) in [6.07, 6.45) is 0. The molecule has 0 spiro atoms. The van der Waals surface area contributed by atoms with E-state index < -0.39 is 21.0 Å². The summed E-state index contributed by atoms with van der Waals surface area (Å²) in [5.41, 5.74) is 1.07. The van der Waals surface area contributed by atoms with Crippen LogP contribution >= 0.6 is 0 Å². The van der Waals surface area contributed by atoms with Crippen LogP contribution in [-0.4, -0.2) is 24.1 Å². The van der Waals surface area contributed by atoms with Crippen molar-refractivity contribution in [2.75, 3.05) is 5.32 Å². The molecule has 2 amide bonds. The Kier molecular flexibility index (Phi) is 5.21. The zero-order valence-corrected chi connectivity index (χ0v) is 15.5. The fourth-order valence-corrected chi connectivity index (χ4v) is 3.28. The molecular formula is C19H17FN2O5S. The van der Waals surface area contributed by atoms with Gasteiger partial charge < -0.3 is 15.7 Å². The molecule has 9 heteroatoms. The lowest BCUT2D eigenvalue weighted by molar-refractivity contribution is 0.249. The average molecular weight is 404 g/mol. The Bertz CT molecular complexity index is 1150. The van der Waals surface area contributed by atoms with Gasteiger partial charge in [0.15, 0.2) is 0 Å². The predicted molar refractivity (Wildman–Crippen MR) is 102 cm³/mol. The minimum atomic E-state index is -4.49. The first-order valence-corrected chi connectivity index (χ1v) is 9.65. The molecule has 0 fully saturated rings. The summed E-state index contributed by atoms with van der Waals surface area (Å²) in [5, 5.41) is 15.9. The van der Waals surface area contributed by atoms with Gasteiger partial charge in [-0.3, -0.25) is 4.55 Å². The van der Waals surface area contributed by atoms with E-state index in [1.54, 1.807) is 19.1 Å². The summed E-state index contributed by atoms with van der Waals surface area (Å²) < 4.78 is 44.8. The summed E-state index contributed by atoms with van der Waals surface area (Å²) in [4.78, 5) is 11.8. The van der Waals surface area contributed by atoms with Crippen molar-refractivity contribution < 1.29 is 27.3 Å². The highest BCUT2D eigenvalue weighted by molar-refractivity contribution is 7.85. The van der Waals surface area contributed by atoms with Crippen molar-refractivity contribution in [1.82, 2.24) is 5.32 Å². The molecule has 0 aliphatic rings. The van der Waals surface area contributed by atoms with Gasteiger partial charge in [0.05, 0.1) is 10.9 Å². The van der Waals surface area contributed by atoms with E-state index in [-0.39, 0.29) is 17.6 Å². The number of benzene rings is 3. The number of halogens is 1. The molecule has 0 saturated heterocycles. The molecule has 1 atom stereocenters. The molecule has 7 nitrogen and oxygen atoms in total. The summed E-state index contributed by atoms with van der Waals surface area (Å²) in [5.74, 6) is -0.685. The summed E-state index contributed by atoms with van der Waals surface area (Å²) in [7, 11) is -4.49. The number of anilines is 1. The molecule has 0 radical (unpaired) electrons. The Morgan fingerprint density at radius 1 is 1.07 bits per heavy atom. The van der Waals surface area contributed by atoms with Crippen LogP contribution in [0.3, 0.4) is 0 Å². The monoisotopic (exact) mass is 404 g/mol. The van der Waals surface area contributed by atoms with Gasteiger partial charge in [-0.2, -0.15) is 8.42 Å². The van der Waals surface area contributed by atoms with Crippen LogP contribution < -0.4 is 10.6 Å². The number of fused-ring (bicyclic) bond motifs is 1. The van der Waals surface area contributed by atoms with Crippen LogP contribution in [0.4, 0.5) is 14.9 Å². The van der Waals surface area contributed by atoms with E-state index in [0.29, 0.717) is 16.5 Å². The van der Waals surface area contributed by atoms with Crippen LogP contribution in [0, 0.1) is 5.82 Å². The first-order chi connectivity index (χ1) is 13.1. The maximum Gasteiger partial charge on any atom is 0.319 e. The van der Waals surface area contributed by atoms with Crippen LogP contribution in [0.25, 0.3) is 10.8 Å². The van der Waals surface area contributed by atoms with Crippen molar-refractivity contribution in [2.45, 2.75) is 17.9 Å². The van der Waals surface area contributed by atoms with Gasteiger partial charge in [0.25, 0.3) is 10.1 Å². The van der Waals surface area contributed by atoms with E-state index >= 15 is 0 Å². The average Bonchev–Trinajstić information content (AvgIpc) is 2.61. The molecule has 3 rings (SSSR count). The molecule has 28 heavy (non-hydrogen) atoms. The van der Waals surface area contributed by atoms with E-state index in [9.17, 15) is 27.3 Å². The first kappa shape index (κ1) is 19.6. The smallest absolute Gasteiger partial charge is 0.319 e. The van der Waals surface area contributed by atoms with Gasteiger partial charge in [-0.15, -0.1) is 0 Å². The van der Waals surface area contributed by atoms with Crippen LogP contribution in [-0.2, 0) is 10.1 Å². The SMILES string of the molecule is CC(NC(=O)Nc1ccc2c(O)cc(S(=O)(=O)O)cc2c1)c1ccc(F)cc1. The van der Waals surface area contributed by atoms with Gasteiger partial charge in [-0.25, -0.2) is 9.18 Å². The number of hydrogen-bond acceptors (Lipinski definition) is 4. The molecule has 0 aliphatic heterocycles. The van der Waals surface area contributed by atoms with Crippen molar-refractivity contribution in [3.8, 4) is 5.75 Å². The molecule has 0 aromatic heterocycles. The number of hydrogen-bond donors (Lipinski definition) is 4. The molecule has 3 aromatic carbocycles. The maximum absolute atomic E-state index is 13.0. The molecule has 3 aromatic rings. The normalized spacial score (nSPS) is 12.5. The lowest BCUT2D eigenvalue weighted by Crippen LogP contribution is -2.31. The van der Waals surface area contributed by atoms with Crippen molar-refractivity contribution in [2.24, 2.45) is 0 Å². The van der Waals surface area contributed by atoms with Crippen LogP contribution in [0.1, 0.15) is 18.5 Å². The van der Waals surface area contributed by atoms with Gasteiger partial charge in [0, 0.05) is 17.1 Å². The topological polar surface area (TPSA) is 116 Å². The summed E-state index contributed by atoms with van der Waals surface area (Å²) >= 11 is 0. The first-order valence-electron chi connectivity index (χ1n) is 8.21. The van der Waals surface area contributed by atoms with Crippen molar-refractivity contribution in [1.29, 1.82) is 0 Å². The van der Waals surface area contributed by atoms with Crippen molar-refractivity contribution in [3.05, 3.63) is 66.0 Å². The third-order valence-corrected chi connectivity index (χ3v) is 5.01. The molecule has 0 saturated carbocycles. The van der Waals surface area contributed by atoms with E-state index in [4.69, 9.17) is 0 Å². The second-order valence-corrected chi connectivity index (χ2v) is 7.65. The lowest BCUT2D eigenvalue weighted by atomic mass is 10.1. The van der Waals surface area contributed by atoms with Crippen LogP contribution in [0.2, 0.25) is 0 Å². The van der Waals surface area contributed by atoms with Crippen molar-refractivity contribution >= 4 is 32.6 Å². The number of phenols is 1. The number of urea groups is 1. The minimum absolute atomic E-state index is 0.314. The van der Waals surface area contributed by atoms with Crippen LogP contribution in [0.15, 0.2) is 59.5 Å². The predicted octanol–water partition coefficient (Wildman–Crippen LogP) is 3.81. The second-order valence-electron chi connectivity index (χ2n) is 6.23. The molecule has 0 heterocycles. The quantitative estimate of drug-likeness (QED) is 0.494. The van der Waals surface area contributed by atoms with Crippen LogP contribution in [0.5, 0.6) is 5.75 Å². The van der Waals surface area contributed by atoms with Gasteiger partial charge >= 0.3 is 6.03 Å². The highest BCUT2D eigenvalue weighted by Crippen LogP contribution is 2.30. The lowest BCUT2D eigenvalue weighted by Gasteiger charge is -2.15. The molecule has 4 N–H and O–H groups in total. The van der Waals surface area contributed by atoms with Crippen molar-refractivity contribution in [3.63, 3.8) is 0 Å². The number of phenolic OH excluding ortho intramolecular Hbond substituents is 1. The number of amides is 2. The van der Waals surface area contributed by atoms with E-state index in [0.717, 1.165) is 11.6 Å². The zero-order chi connectivity index (χ0) is 20.5. The molecule has 1 unspecified atom stereocenters. The number of rotatable bonds is 4. The highest BCUT2D eigenvalue weighted by atomic mass is 32.2. The minimum Gasteiger partial charge on any atom is -0.507 e. The number of carbonyl (C=O) groups excluding carboxylic acids is 1. The van der Waals surface area contributed by atoms with Gasteiger partial charge in [0.1, 0.15) is 11.6 Å². The second kappa shape index (κ2) is 7.45. The summed E-state index contributed by atoms with van der Waals surface area (Å²) in [6.45, 7) is 1.74. The maximum atomic E-state index is 13.0. The molecule has 146 valence electrons. The van der Waals surface area contributed by atoms with E-state index in [1.165, 1.54) is 36.4 Å². The highest BCUT2D eigenvalue weighted by Gasteiger charge is 2.14. The zero-order valence-electron chi connectivity index (χ0n) is 14.7. The van der Waals surface area contributed by atoms with Gasteiger partial charge in [-0.1, -0.05) is 12.1 Å². The third kappa shape index (κ3) is 4.38. The fraction of sp³-hybridized carbons (Fsp3) is 0.105. The Balaban J connectivity index is 1.79. The standard InChI is InChI=1S/C19H17FN2O5S/c1-11(12-2-4-14(20)5-3-12)21-19(24)22-15-6-7-17-13(8-15)9-16(10-18(17)23)28(25,26)27/h2-11,23H,1H3,(H2,21,22,24)(H,25,26,27). The number of nitrogens with one attached hydrogen (secondary N) is 2.